The van der Waals surface area contributed by atoms with Gasteiger partial charge in [0.15, 0.2) is 0 Å². The summed E-state index contributed by atoms with van der Waals surface area (Å²) in [5.74, 6) is 1.45. The Morgan fingerprint density at radius 1 is 1.32 bits per heavy atom. The number of hydrogen-bond donors (Lipinski definition) is 1. The Morgan fingerprint density at radius 2 is 2.12 bits per heavy atom. The second kappa shape index (κ2) is 8.19. The highest BCUT2D eigenvalue weighted by Gasteiger charge is 2.25. The molecule has 1 atom stereocenters. The lowest BCUT2D eigenvalue weighted by Gasteiger charge is -2.32. The number of carbonyl (C=O) groups is 1. The highest BCUT2D eigenvalue weighted by Crippen LogP contribution is 2.26. The van der Waals surface area contributed by atoms with Crippen LogP contribution in [0.3, 0.4) is 0 Å². The number of aromatic amines is 1. The molecule has 2 aromatic rings. The molecule has 25 heavy (non-hydrogen) atoms. The van der Waals surface area contributed by atoms with E-state index in [0.29, 0.717) is 18.9 Å². The quantitative estimate of drug-likeness (QED) is 0.817. The number of nitrogens with zero attached hydrogens (tertiary/aromatic N) is 2. The third-order valence-electron chi connectivity index (χ3n) is 4.74. The number of aromatic nitrogens is 2. The molecule has 0 saturated carbocycles. The molecule has 0 radical (unpaired) electrons. The molecule has 1 saturated heterocycles. The number of likely N-dealkylation sites (tertiary alicyclic amines) is 1. The molecule has 134 valence electrons. The van der Waals surface area contributed by atoms with Crippen LogP contribution in [-0.2, 0) is 4.79 Å². The first-order valence-electron chi connectivity index (χ1n) is 9.11. The van der Waals surface area contributed by atoms with E-state index in [2.05, 4.69) is 23.2 Å². The van der Waals surface area contributed by atoms with Gasteiger partial charge in [0.2, 0.25) is 5.91 Å². The third kappa shape index (κ3) is 4.84. The van der Waals surface area contributed by atoms with Crippen molar-refractivity contribution in [3.63, 3.8) is 0 Å². The van der Waals surface area contributed by atoms with Crippen molar-refractivity contribution in [3.8, 4) is 5.75 Å². The molecule has 5 heteroatoms. The molecule has 0 spiro atoms. The number of aryl methyl sites for hydroxylation is 2. The molecule has 1 amide bonds. The van der Waals surface area contributed by atoms with Gasteiger partial charge in [-0.1, -0.05) is 17.7 Å². The highest BCUT2D eigenvalue weighted by molar-refractivity contribution is 5.76. The minimum Gasteiger partial charge on any atom is -0.494 e. The van der Waals surface area contributed by atoms with Gasteiger partial charge in [0.25, 0.3) is 0 Å². The van der Waals surface area contributed by atoms with Crippen LogP contribution in [0.5, 0.6) is 5.75 Å². The Morgan fingerprint density at radius 3 is 2.84 bits per heavy atom. The standard InChI is InChI=1S/C20H27N3O2/c1-15-7-9-18(10-8-15)25-12-4-6-20(24)23-11-3-5-17(14-23)19-13-16(2)21-22-19/h7-10,13,17H,3-6,11-12,14H2,1-2H3,(H,21,22). The lowest BCUT2D eigenvalue weighted by atomic mass is 9.94. The zero-order chi connectivity index (χ0) is 17.6. The van der Waals surface area contributed by atoms with Gasteiger partial charge < -0.3 is 9.64 Å². The molecule has 1 aromatic heterocycles. The van der Waals surface area contributed by atoms with Gasteiger partial charge in [0.05, 0.1) is 12.3 Å². The Hall–Kier alpha value is -2.30. The lowest BCUT2D eigenvalue weighted by Crippen LogP contribution is -2.39. The smallest absolute Gasteiger partial charge is 0.222 e. The fourth-order valence-electron chi connectivity index (χ4n) is 3.30. The van der Waals surface area contributed by atoms with Crippen LogP contribution in [0.2, 0.25) is 0 Å². The van der Waals surface area contributed by atoms with Gasteiger partial charge in [-0.15, -0.1) is 0 Å². The van der Waals surface area contributed by atoms with Crippen LogP contribution in [0.1, 0.15) is 48.6 Å². The summed E-state index contributed by atoms with van der Waals surface area (Å²) >= 11 is 0. The van der Waals surface area contributed by atoms with E-state index >= 15 is 0 Å². The fraction of sp³-hybridized carbons (Fsp3) is 0.500. The largest absolute Gasteiger partial charge is 0.494 e. The highest BCUT2D eigenvalue weighted by atomic mass is 16.5. The average molecular weight is 341 g/mol. The zero-order valence-corrected chi connectivity index (χ0v) is 15.1. The predicted octanol–water partition coefficient (Wildman–Crippen LogP) is 3.59. The summed E-state index contributed by atoms with van der Waals surface area (Å²) in [6, 6.07) is 10.1. The Balaban J connectivity index is 1.42. The summed E-state index contributed by atoms with van der Waals surface area (Å²) in [7, 11) is 0. The van der Waals surface area contributed by atoms with Crippen molar-refractivity contribution in [2.75, 3.05) is 19.7 Å². The molecule has 1 unspecified atom stereocenters. The number of piperidine rings is 1. The van der Waals surface area contributed by atoms with E-state index in [1.54, 1.807) is 0 Å². The summed E-state index contributed by atoms with van der Waals surface area (Å²) in [6.45, 7) is 6.28. The molecule has 1 aliphatic rings. The molecule has 0 bridgehead atoms. The fourth-order valence-corrected chi connectivity index (χ4v) is 3.30. The van der Waals surface area contributed by atoms with E-state index < -0.39 is 0 Å². The van der Waals surface area contributed by atoms with Crippen LogP contribution in [-0.4, -0.2) is 40.7 Å². The summed E-state index contributed by atoms with van der Waals surface area (Å²) < 4.78 is 5.71. The second-order valence-electron chi connectivity index (χ2n) is 6.92. The van der Waals surface area contributed by atoms with Crippen LogP contribution in [0.25, 0.3) is 0 Å². The molecule has 3 rings (SSSR count). The van der Waals surface area contributed by atoms with Crippen molar-refractivity contribution in [2.24, 2.45) is 0 Å². The van der Waals surface area contributed by atoms with Gasteiger partial charge in [-0.25, -0.2) is 0 Å². The molecule has 2 heterocycles. The van der Waals surface area contributed by atoms with Gasteiger partial charge in [-0.3, -0.25) is 9.89 Å². The first kappa shape index (κ1) is 17.5. The van der Waals surface area contributed by atoms with Gasteiger partial charge >= 0.3 is 0 Å². The Bertz CT molecular complexity index is 693. The van der Waals surface area contributed by atoms with Crippen LogP contribution in [0.15, 0.2) is 30.3 Å². The number of ether oxygens (including phenoxy) is 1. The molecule has 5 nitrogen and oxygen atoms in total. The van der Waals surface area contributed by atoms with Crippen molar-refractivity contribution in [1.82, 2.24) is 15.1 Å². The lowest BCUT2D eigenvalue weighted by molar-refractivity contribution is -0.132. The van der Waals surface area contributed by atoms with Crippen LogP contribution in [0, 0.1) is 13.8 Å². The molecule has 1 aromatic carbocycles. The molecule has 1 fully saturated rings. The summed E-state index contributed by atoms with van der Waals surface area (Å²) in [4.78, 5) is 14.5. The normalized spacial score (nSPS) is 17.5. The summed E-state index contributed by atoms with van der Waals surface area (Å²) in [5.41, 5.74) is 3.37. The van der Waals surface area contributed by atoms with Gasteiger partial charge in [-0.05, 0) is 51.3 Å². The Kier molecular flexibility index (Phi) is 5.74. The SMILES string of the molecule is Cc1ccc(OCCCC(=O)N2CCCC(c3cc(C)[nH]n3)C2)cc1. The van der Waals surface area contributed by atoms with Crippen LogP contribution < -0.4 is 4.74 Å². The van der Waals surface area contributed by atoms with Crippen LogP contribution >= 0.6 is 0 Å². The van der Waals surface area contributed by atoms with E-state index in [-0.39, 0.29) is 5.91 Å². The number of amides is 1. The average Bonchev–Trinajstić information content (AvgIpc) is 3.07. The number of nitrogens with one attached hydrogen (secondary N) is 1. The molecular weight excluding hydrogens is 314 g/mol. The minimum absolute atomic E-state index is 0.226. The van der Waals surface area contributed by atoms with Crippen molar-refractivity contribution in [2.45, 2.75) is 45.4 Å². The van der Waals surface area contributed by atoms with E-state index in [0.717, 1.165) is 49.5 Å². The third-order valence-corrected chi connectivity index (χ3v) is 4.74. The molecule has 1 N–H and O–H groups in total. The van der Waals surface area contributed by atoms with Gasteiger partial charge in [0.1, 0.15) is 5.75 Å². The van der Waals surface area contributed by atoms with E-state index in [1.807, 2.05) is 36.1 Å². The van der Waals surface area contributed by atoms with Gasteiger partial charge in [0, 0.05) is 31.1 Å². The van der Waals surface area contributed by atoms with Gasteiger partial charge in [-0.2, -0.15) is 5.10 Å². The first-order chi connectivity index (χ1) is 12.1. The monoisotopic (exact) mass is 341 g/mol. The van der Waals surface area contributed by atoms with Crippen molar-refractivity contribution in [1.29, 1.82) is 0 Å². The van der Waals surface area contributed by atoms with Crippen molar-refractivity contribution in [3.05, 3.63) is 47.3 Å². The maximum Gasteiger partial charge on any atom is 0.222 e. The topological polar surface area (TPSA) is 58.2 Å². The van der Waals surface area contributed by atoms with Crippen molar-refractivity contribution < 1.29 is 9.53 Å². The zero-order valence-electron chi connectivity index (χ0n) is 15.1. The number of rotatable bonds is 6. The van der Waals surface area contributed by atoms with E-state index in [4.69, 9.17) is 4.74 Å². The maximum atomic E-state index is 12.5. The summed E-state index contributed by atoms with van der Waals surface area (Å²) in [6.07, 6.45) is 3.43. The number of carbonyl (C=O) groups excluding carboxylic acids is 1. The van der Waals surface area contributed by atoms with Crippen LogP contribution in [0.4, 0.5) is 0 Å². The molecular formula is C20H27N3O2. The first-order valence-corrected chi connectivity index (χ1v) is 9.11. The van der Waals surface area contributed by atoms with E-state index in [9.17, 15) is 4.79 Å². The predicted molar refractivity (Wildman–Crippen MR) is 97.8 cm³/mol. The van der Waals surface area contributed by atoms with E-state index in [1.165, 1.54) is 5.56 Å². The molecule has 0 aliphatic carbocycles. The maximum absolute atomic E-state index is 12.5. The Labute approximate surface area is 149 Å². The second-order valence-corrected chi connectivity index (χ2v) is 6.92. The molecule has 1 aliphatic heterocycles. The van der Waals surface area contributed by atoms with Crippen molar-refractivity contribution >= 4 is 5.91 Å². The number of H-pyrrole nitrogens is 1. The number of benzene rings is 1. The minimum atomic E-state index is 0.226. The number of hydrogen-bond acceptors (Lipinski definition) is 3. The summed E-state index contributed by atoms with van der Waals surface area (Å²) in [5, 5.41) is 7.37.